The van der Waals surface area contributed by atoms with E-state index in [4.69, 9.17) is 16.3 Å². The molecule has 0 unspecified atom stereocenters. The van der Waals surface area contributed by atoms with Crippen molar-refractivity contribution in [3.63, 3.8) is 0 Å². The molecule has 0 amide bonds. The van der Waals surface area contributed by atoms with E-state index in [9.17, 15) is 0 Å². The fourth-order valence-corrected chi connectivity index (χ4v) is 0.878. The van der Waals surface area contributed by atoms with E-state index in [0.29, 0.717) is 18.4 Å². The highest BCUT2D eigenvalue weighted by Gasteiger charge is 2.01. The predicted molar refractivity (Wildman–Crippen MR) is 45.4 cm³/mol. The predicted octanol–water partition coefficient (Wildman–Crippen LogP) is 1.62. The van der Waals surface area contributed by atoms with Crippen LogP contribution in [0, 0.1) is 6.92 Å². The van der Waals surface area contributed by atoms with Crippen molar-refractivity contribution in [1.29, 1.82) is 0 Å². The van der Waals surface area contributed by atoms with Crippen molar-refractivity contribution < 1.29 is 4.74 Å². The SMILES string of the molecule is CCCOc1nc(C)nc(Cl)n1. The summed E-state index contributed by atoms with van der Waals surface area (Å²) in [6.45, 7) is 4.35. The average molecular weight is 188 g/mol. The number of hydrogen-bond acceptors (Lipinski definition) is 4. The van der Waals surface area contributed by atoms with Crippen LogP contribution >= 0.6 is 11.6 Å². The minimum Gasteiger partial charge on any atom is -0.463 e. The van der Waals surface area contributed by atoms with Gasteiger partial charge in [0, 0.05) is 0 Å². The van der Waals surface area contributed by atoms with Crippen LogP contribution in [0.1, 0.15) is 19.2 Å². The molecule has 12 heavy (non-hydrogen) atoms. The third kappa shape index (κ3) is 2.62. The van der Waals surface area contributed by atoms with Gasteiger partial charge in [0.1, 0.15) is 5.82 Å². The summed E-state index contributed by atoms with van der Waals surface area (Å²) < 4.78 is 5.17. The van der Waals surface area contributed by atoms with Gasteiger partial charge in [0.05, 0.1) is 6.61 Å². The molecule has 0 radical (unpaired) electrons. The van der Waals surface area contributed by atoms with Gasteiger partial charge in [-0.1, -0.05) is 6.92 Å². The van der Waals surface area contributed by atoms with Gasteiger partial charge in [0.15, 0.2) is 0 Å². The summed E-state index contributed by atoms with van der Waals surface area (Å²) in [6.07, 6.45) is 0.919. The number of rotatable bonds is 3. The Morgan fingerprint density at radius 2 is 2.08 bits per heavy atom. The van der Waals surface area contributed by atoms with E-state index in [-0.39, 0.29) is 5.28 Å². The first-order valence-electron chi connectivity index (χ1n) is 3.73. The minimum atomic E-state index is 0.175. The molecule has 1 aromatic heterocycles. The van der Waals surface area contributed by atoms with Crippen LogP contribution in [0.5, 0.6) is 6.01 Å². The molecule has 4 nitrogen and oxygen atoms in total. The molecule has 0 saturated carbocycles. The lowest BCUT2D eigenvalue weighted by atomic mass is 10.5. The molecule has 0 aliphatic carbocycles. The molecule has 66 valence electrons. The van der Waals surface area contributed by atoms with E-state index < -0.39 is 0 Å². The average Bonchev–Trinajstić information content (AvgIpc) is 1.99. The van der Waals surface area contributed by atoms with Gasteiger partial charge in [-0.15, -0.1) is 0 Å². The van der Waals surface area contributed by atoms with E-state index in [0.717, 1.165) is 6.42 Å². The van der Waals surface area contributed by atoms with Crippen molar-refractivity contribution in [1.82, 2.24) is 15.0 Å². The first kappa shape index (κ1) is 9.19. The molecule has 0 atom stereocenters. The van der Waals surface area contributed by atoms with E-state index in [1.54, 1.807) is 6.92 Å². The second-order valence-corrected chi connectivity index (χ2v) is 2.62. The maximum Gasteiger partial charge on any atom is 0.320 e. The summed E-state index contributed by atoms with van der Waals surface area (Å²) in [4.78, 5) is 11.5. The zero-order valence-electron chi connectivity index (χ0n) is 7.04. The number of aromatic nitrogens is 3. The Balaban J connectivity index is 2.72. The topological polar surface area (TPSA) is 47.9 Å². The largest absolute Gasteiger partial charge is 0.463 e. The van der Waals surface area contributed by atoms with Crippen LogP contribution in [0.3, 0.4) is 0 Å². The maximum atomic E-state index is 5.59. The highest BCUT2D eigenvalue weighted by molar-refractivity contribution is 6.28. The molecule has 0 aliphatic rings. The molecule has 0 aromatic carbocycles. The maximum absolute atomic E-state index is 5.59. The molecule has 1 aromatic rings. The number of nitrogens with zero attached hydrogens (tertiary/aromatic N) is 3. The standard InChI is InChI=1S/C7H10ClN3O/c1-3-4-12-7-10-5(2)9-6(8)11-7/h3-4H2,1-2H3. The lowest BCUT2D eigenvalue weighted by Crippen LogP contribution is -2.02. The van der Waals surface area contributed by atoms with Crippen molar-refractivity contribution in [2.75, 3.05) is 6.61 Å². The van der Waals surface area contributed by atoms with Gasteiger partial charge in [-0.25, -0.2) is 4.98 Å². The number of hydrogen-bond donors (Lipinski definition) is 0. The monoisotopic (exact) mass is 187 g/mol. The number of ether oxygens (including phenoxy) is 1. The van der Waals surface area contributed by atoms with Gasteiger partial charge < -0.3 is 4.74 Å². The third-order valence-electron chi connectivity index (χ3n) is 1.13. The number of aryl methyl sites for hydroxylation is 1. The van der Waals surface area contributed by atoms with Gasteiger partial charge in [-0.05, 0) is 24.9 Å². The molecule has 1 heterocycles. The molecule has 1 rings (SSSR count). The summed E-state index contributed by atoms with van der Waals surface area (Å²) in [5.41, 5.74) is 0. The van der Waals surface area contributed by atoms with Gasteiger partial charge in [-0.3, -0.25) is 0 Å². The summed E-state index contributed by atoms with van der Waals surface area (Å²) >= 11 is 5.59. The highest BCUT2D eigenvalue weighted by Crippen LogP contribution is 2.07. The molecule has 0 saturated heterocycles. The molecular weight excluding hydrogens is 178 g/mol. The van der Waals surface area contributed by atoms with Crippen LogP contribution < -0.4 is 4.74 Å². The minimum absolute atomic E-state index is 0.175. The van der Waals surface area contributed by atoms with Gasteiger partial charge in [0.2, 0.25) is 5.28 Å². The molecule has 0 bridgehead atoms. The van der Waals surface area contributed by atoms with E-state index in [2.05, 4.69) is 15.0 Å². The Labute approximate surface area is 76.0 Å². The molecular formula is C7H10ClN3O. The van der Waals surface area contributed by atoms with Crippen molar-refractivity contribution >= 4 is 11.6 Å². The zero-order chi connectivity index (χ0) is 8.97. The second kappa shape index (κ2) is 4.21. The Kier molecular flexibility index (Phi) is 3.22. The van der Waals surface area contributed by atoms with E-state index in [1.165, 1.54) is 0 Å². The molecule has 5 heteroatoms. The quantitative estimate of drug-likeness (QED) is 0.722. The Hall–Kier alpha value is -0.900. The highest BCUT2D eigenvalue weighted by atomic mass is 35.5. The fourth-order valence-electron chi connectivity index (χ4n) is 0.684. The van der Waals surface area contributed by atoms with Crippen molar-refractivity contribution in [3.05, 3.63) is 11.1 Å². The van der Waals surface area contributed by atoms with Crippen LogP contribution in [0.4, 0.5) is 0 Å². The Morgan fingerprint density at radius 1 is 1.33 bits per heavy atom. The summed E-state index contributed by atoms with van der Waals surface area (Å²) in [5.74, 6) is 0.570. The van der Waals surface area contributed by atoms with Crippen molar-refractivity contribution in [3.8, 4) is 6.01 Å². The van der Waals surface area contributed by atoms with Gasteiger partial charge in [-0.2, -0.15) is 9.97 Å². The Morgan fingerprint density at radius 3 is 2.67 bits per heavy atom. The Bertz CT molecular complexity index is 247. The molecule has 0 aliphatic heterocycles. The summed E-state index contributed by atoms with van der Waals surface area (Å²) in [7, 11) is 0. The normalized spacial score (nSPS) is 9.92. The third-order valence-corrected chi connectivity index (χ3v) is 1.30. The molecule has 0 spiro atoms. The van der Waals surface area contributed by atoms with E-state index in [1.807, 2.05) is 6.92 Å². The molecule has 0 N–H and O–H groups in total. The summed E-state index contributed by atoms with van der Waals surface area (Å²) in [6, 6.07) is 0.300. The van der Waals surface area contributed by atoms with Crippen LogP contribution in [0.15, 0.2) is 0 Å². The van der Waals surface area contributed by atoms with Crippen LogP contribution in [-0.4, -0.2) is 21.6 Å². The van der Waals surface area contributed by atoms with Crippen LogP contribution in [-0.2, 0) is 0 Å². The fraction of sp³-hybridized carbons (Fsp3) is 0.571. The first-order valence-corrected chi connectivity index (χ1v) is 4.11. The lowest BCUT2D eigenvalue weighted by molar-refractivity contribution is 0.290. The van der Waals surface area contributed by atoms with Crippen molar-refractivity contribution in [2.45, 2.75) is 20.3 Å². The van der Waals surface area contributed by atoms with Crippen LogP contribution in [0.25, 0.3) is 0 Å². The smallest absolute Gasteiger partial charge is 0.320 e. The van der Waals surface area contributed by atoms with E-state index >= 15 is 0 Å². The van der Waals surface area contributed by atoms with Crippen molar-refractivity contribution in [2.24, 2.45) is 0 Å². The lowest BCUT2D eigenvalue weighted by Gasteiger charge is -2.01. The second-order valence-electron chi connectivity index (χ2n) is 2.28. The number of halogens is 1. The summed E-state index contributed by atoms with van der Waals surface area (Å²) in [5, 5.41) is 0.175. The van der Waals surface area contributed by atoms with Gasteiger partial charge in [0.25, 0.3) is 0 Å². The van der Waals surface area contributed by atoms with Gasteiger partial charge >= 0.3 is 6.01 Å². The zero-order valence-corrected chi connectivity index (χ0v) is 7.80. The first-order chi connectivity index (χ1) is 5.72. The molecule has 0 fully saturated rings. The van der Waals surface area contributed by atoms with Crippen LogP contribution in [0.2, 0.25) is 5.28 Å².